The molecule has 0 heterocycles. The topological polar surface area (TPSA) is 26.3 Å². The highest BCUT2D eigenvalue weighted by Crippen LogP contribution is 2.26. The predicted octanol–water partition coefficient (Wildman–Crippen LogP) is 3.34. The molecule has 0 rings (SSSR count). The lowest BCUT2D eigenvalue weighted by atomic mass is 10.1. The fraction of sp³-hybridized carbons (Fsp3) is 0.875. The van der Waals surface area contributed by atoms with Crippen LogP contribution in [0.1, 0.15) is 26.7 Å². The van der Waals surface area contributed by atoms with Crippen LogP contribution in [0, 0.1) is 5.92 Å². The van der Waals surface area contributed by atoms with Crippen molar-refractivity contribution in [1.29, 1.82) is 0 Å². The summed E-state index contributed by atoms with van der Waals surface area (Å²) in [7, 11) is 0. The molecule has 0 amide bonds. The molecule has 2 nitrogen and oxygen atoms in total. The number of carbonyl (C=O) groups is 1. The van der Waals surface area contributed by atoms with Crippen LogP contribution in [-0.2, 0) is 9.53 Å². The van der Waals surface area contributed by atoms with Crippen LogP contribution in [0.3, 0.4) is 0 Å². The Morgan fingerprint density at radius 3 is 2.31 bits per heavy atom. The van der Waals surface area contributed by atoms with E-state index < -0.39 is 3.79 Å². The first-order valence-electron chi connectivity index (χ1n) is 4.03. The van der Waals surface area contributed by atoms with Gasteiger partial charge in [0.25, 0.3) is 0 Å². The van der Waals surface area contributed by atoms with Crippen molar-refractivity contribution < 1.29 is 9.53 Å². The van der Waals surface area contributed by atoms with Gasteiger partial charge in [-0.1, -0.05) is 48.7 Å². The number of alkyl halides is 3. The average molecular weight is 248 g/mol. The van der Waals surface area contributed by atoms with Gasteiger partial charge in [0, 0.05) is 6.42 Å². The number of rotatable bonds is 4. The van der Waals surface area contributed by atoms with E-state index in [2.05, 4.69) is 0 Å². The molecule has 0 bridgehead atoms. The van der Waals surface area contributed by atoms with Crippen LogP contribution >= 0.6 is 34.8 Å². The number of hydrogen-bond acceptors (Lipinski definition) is 2. The van der Waals surface area contributed by atoms with Crippen LogP contribution in [0.4, 0.5) is 0 Å². The molecule has 0 saturated heterocycles. The normalized spacial score (nSPS) is 11.8. The van der Waals surface area contributed by atoms with Crippen molar-refractivity contribution in [2.75, 3.05) is 6.61 Å². The molecule has 0 spiro atoms. The van der Waals surface area contributed by atoms with E-state index in [1.807, 2.05) is 13.8 Å². The Morgan fingerprint density at radius 2 is 1.92 bits per heavy atom. The average Bonchev–Trinajstić information content (AvgIpc) is 1.95. The van der Waals surface area contributed by atoms with Crippen LogP contribution in [-0.4, -0.2) is 16.4 Å². The van der Waals surface area contributed by atoms with Crippen molar-refractivity contribution in [2.24, 2.45) is 5.92 Å². The maximum Gasteiger partial charge on any atom is 0.305 e. The van der Waals surface area contributed by atoms with E-state index in [1.54, 1.807) is 0 Å². The third-order valence-corrected chi connectivity index (χ3v) is 1.65. The van der Waals surface area contributed by atoms with Gasteiger partial charge in [-0.2, -0.15) is 0 Å². The molecule has 0 fully saturated rings. The monoisotopic (exact) mass is 246 g/mol. The molecule has 5 heteroatoms. The Balaban J connectivity index is 3.53. The van der Waals surface area contributed by atoms with E-state index in [9.17, 15) is 4.79 Å². The standard InChI is InChI=1S/C8H13Cl3O2/c1-6(2)3-4-7(12)13-5-8(9,10)11/h6H,3-5H2,1-2H3. The fourth-order valence-corrected chi connectivity index (χ4v) is 0.805. The van der Waals surface area contributed by atoms with Gasteiger partial charge in [-0.25, -0.2) is 0 Å². The molecule has 0 aromatic rings. The Morgan fingerprint density at radius 1 is 1.38 bits per heavy atom. The summed E-state index contributed by atoms with van der Waals surface area (Å²) in [6.07, 6.45) is 1.16. The van der Waals surface area contributed by atoms with E-state index in [1.165, 1.54) is 0 Å². The van der Waals surface area contributed by atoms with Gasteiger partial charge in [0.2, 0.25) is 3.79 Å². The van der Waals surface area contributed by atoms with Crippen LogP contribution in [0.15, 0.2) is 0 Å². The fourth-order valence-electron chi connectivity index (χ4n) is 0.641. The second-order valence-corrected chi connectivity index (χ2v) is 5.72. The molecule has 0 aromatic heterocycles. The maximum absolute atomic E-state index is 11.0. The van der Waals surface area contributed by atoms with Crippen molar-refractivity contribution in [3.63, 3.8) is 0 Å². The van der Waals surface area contributed by atoms with Gasteiger partial charge in [0.15, 0.2) is 0 Å². The summed E-state index contributed by atoms with van der Waals surface area (Å²) in [5.41, 5.74) is 0. The van der Waals surface area contributed by atoms with Gasteiger partial charge < -0.3 is 4.74 Å². The van der Waals surface area contributed by atoms with Gasteiger partial charge in [-0.05, 0) is 12.3 Å². The zero-order valence-electron chi connectivity index (χ0n) is 7.65. The van der Waals surface area contributed by atoms with Crippen LogP contribution in [0.25, 0.3) is 0 Å². The molecule has 0 aliphatic rings. The number of halogens is 3. The Hall–Kier alpha value is 0.340. The van der Waals surface area contributed by atoms with Crippen LogP contribution < -0.4 is 0 Å². The minimum absolute atomic E-state index is 0.186. The summed E-state index contributed by atoms with van der Waals surface area (Å²) >= 11 is 16.2. The summed E-state index contributed by atoms with van der Waals surface area (Å²) in [6, 6.07) is 0. The van der Waals surface area contributed by atoms with Crippen molar-refractivity contribution in [2.45, 2.75) is 30.5 Å². The molecule has 0 aliphatic carbocycles. The summed E-state index contributed by atoms with van der Waals surface area (Å²) in [6.45, 7) is 3.87. The molecule has 13 heavy (non-hydrogen) atoms. The van der Waals surface area contributed by atoms with Crippen molar-refractivity contribution >= 4 is 40.8 Å². The van der Waals surface area contributed by atoms with Gasteiger partial charge in [0.1, 0.15) is 6.61 Å². The molecule has 0 aliphatic heterocycles. The minimum Gasteiger partial charge on any atom is -0.461 e. The van der Waals surface area contributed by atoms with Gasteiger partial charge >= 0.3 is 5.97 Å². The second-order valence-electron chi connectivity index (χ2n) is 3.21. The zero-order valence-corrected chi connectivity index (χ0v) is 9.92. The highest BCUT2D eigenvalue weighted by molar-refractivity contribution is 6.67. The highest BCUT2D eigenvalue weighted by Gasteiger charge is 2.21. The van der Waals surface area contributed by atoms with Crippen molar-refractivity contribution in [3.05, 3.63) is 0 Å². The van der Waals surface area contributed by atoms with Gasteiger partial charge in [-0.3, -0.25) is 4.79 Å². The van der Waals surface area contributed by atoms with E-state index in [0.717, 1.165) is 6.42 Å². The molecule has 78 valence electrons. The first kappa shape index (κ1) is 13.3. The van der Waals surface area contributed by atoms with Crippen LogP contribution in [0.5, 0.6) is 0 Å². The van der Waals surface area contributed by atoms with E-state index in [0.29, 0.717) is 12.3 Å². The molecular weight excluding hydrogens is 234 g/mol. The Bertz CT molecular complexity index is 163. The van der Waals surface area contributed by atoms with E-state index in [4.69, 9.17) is 39.5 Å². The molecular formula is C8H13Cl3O2. The summed E-state index contributed by atoms with van der Waals surface area (Å²) in [4.78, 5) is 11.0. The molecule has 0 N–H and O–H groups in total. The highest BCUT2D eigenvalue weighted by atomic mass is 35.6. The third kappa shape index (κ3) is 10.3. The van der Waals surface area contributed by atoms with Gasteiger partial charge in [-0.15, -0.1) is 0 Å². The van der Waals surface area contributed by atoms with E-state index >= 15 is 0 Å². The largest absolute Gasteiger partial charge is 0.461 e. The first-order valence-corrected chi connectivity index (χ1v) is 5.17. The lowest BCUT2D eigenvalue weighted by molar-refractivity contribution is -0.143. The molecule has 0 radical (unpaired) electrons. The molecule has 0 aromatic carbocycles. The Kier molecular flexibility index (Phi) is 6.10. The number of esters is 1. The number of hydrogen-bond donors (Lipinski definition) is 0. The first-order chi connectivity index (χ1) is 5.81. The van der Waals surface area contributed by atoms with Crippen molar-refractivity contribution in [3.8, 4) is 0 Å². The third-order valence-electron chi connectivity index (χ3n) is 1.32. The summed E-state index contributed by atoms with van der Waals surface area (Å²) < 4.78 is 3.22. The lowest BCUT2D eigenvalue weighted by Gasteiger charge is -2.11. The smallest absolute Gasteiger partial charge is 0.305 e. The number of carbonyl (C=O) groups excluding carboxylic acids is 1. The predicted molar refractivity (Wildman–Crippen MR) is 55.3 cm³/mol. The minimum atomic E-state index is -1.51. The van der Waals surface area contributed by atoms with Crippen LogP contribution in [0.2, 0.25) is 0 Å². The van der Waals surface area contributed by atoms with Gasteiger partial charge in [0.05, 0.1) is 0 Å². The zero-order chi connectivity index (χ0) is 10.5. The van der Waals surface area contributed by atoms with Crippen molar-refractivity contribution in [1.82, 2.24) is 0 Å². The second kappa shape index (κ2) is 5.94. The summed E-state index contributed by atoms with van der Waals surface area (Å²) in [5, 5.41) is 0. The Labute approximate surface area is 93.5 Å². The lowest BCUT2D eigenvalue weighted by Crippen LogP contribution is -2.17. The number of ether oxygens (including phenoxy) is 1. The SMILES string of the molecule is CC(C)CCC(=O)OCC(Cl)(Cl)Cl. The summed E-state index contributed by atoms with van der Waals surface area (Å²) in [5.74, 6) is 0.153. The van der Waals surface area contributed by atoms with E-state index in [-0.39, 0.29) is 12.6 Å². The molecule has 0 saturated carbocycles. The quantitative estimate of drug-likeness (QED) is 0.563. The maximum atomic E-state index is 11.0. The molecule has 0 unspecified atom stereocenters. The molecule has 0 atom stereocenters.